The highest BCUT2D eigenvalue weighted by Crippen LogP contribution is 2.18. The molecule has 1 unspecified atom stereocenters. The van der Waals surface area contributed by atoms with E-state index in [2.05, 4.69) is 15.3 Å². The monoisotopic (exact) mass is 286 g/mol. The molecular weight excluding hydrogens is 272 g/mol. The van der Waals surface area contributed by atoms with Crippen LogP contribution in [0.4, 0.5) is 5.69 Å². The quantitative estimate of drug-likeness (QED) is 0.500. The van der Waals surface area contributed by atoms with E-state index >= 15 is 0 Å². The Morgan fingerprint density at radius 3 is 2.90 bits per heavy atom. The van der Waals surface area contributed by atoms with Gasteiger partial charge in [0.2, 0.25) is 5.91 Å². The molecule has 1 atom stereocenters. The number of nitro groups is 1. The standard InChI is InChI=1S/C14H14N4O3/c1-10(14-15-8-9-16-14)17-13(19)7-6-11-4-2-3-5-12(11)18(20)21/h2-10H,1H3,(H,15,16)(H,17,19)/b7-6+. The van der Waals surface area contributed by atoms with E-state index in [4.69, 9.17) is 0 Å². The van der Waals surface area contributed by atoms with Crippen molar-refractivity contribution in [3.05, 3.63) is 64.2 Å². The Kier molecular flexibility index (Phi) is 4.45. The molecule has 1 aromatic carbocycles. The molecule has 0 aliphatic rings. The number of carbonyl (C=O) groups excluding carboxylic acids is 1. The maximum Gasteiger partial charge on any atom is 0.276 e. The van der Waals surface area contributed by atoms with Crippen molar-refractivity contribution in [2.45, 2.75) is 13.0 Å². The van der Waals surface area contributed by atoms with Gasteiger partial charge < -0.3 is 10.3 Å². The molecule has 0 aliphatic heterocycles. The van der Waals surface area contributed by atoms with Gasteiger partial charge in [-0.05, 0) is 19.1 Å². The van der Waals surface area contributed by atoms with Crippen molar-refractivity contribution < 1.29 is 9.72 Å². The van der Waals surface area contributed by atoms with Crippen LogP contribution >= 0.6 is 0 Å². The molecule has 0 radical (unpaired) electrons. The van der Waals surface area contributed by atoms with Gasteiger partial charge in [-0.15, -0.1) is 0 Å². The summed E-state index contributed by atoms with van der Waals surface area (Å²) < 4.78 is 0. The van der Waals surface area contributed by atoms with E-state index in [1.807, 2.05) is 0 Å². The van der Waals surface area contributed by atoms with E-state index in [1.165, 1.54) is 18.2 Å². The van der Waals surface area contributed by atoms with Gasteiger partial charge in [0.15, 0.2) is 0 Å². The predicted octanol–water partition coefficient (Wildman–Crippen LogP) is 2.21. The Morgan fingerprint density at radius 1 is 1.48 bits per heavy atom. The van der Waals surface area contributed by atoms with Gasteiger partial charge in [0.05, 0.1) is 16.5 Å². The smallest absolute Gasteiger partial charge is 0.276 e. The lowest BCUT2D eigenvalue weighted by atomic mass is 10.1. The average Bonchev–Trinajstić information content (AvgIpc) is 2.99. The number of aromatic nitrogens is 2. The fourth-order valence-electron chi connectivity index (χ4n) is 1.80. The summed E-state index contributed by atoms with van der Waals surface area (Å²) in [6.45, 7) is 1.79. The lowest BCUT2D eigenvalue weighted by molar-refractivity contribution is -0.385. The molecule has 2 rings (SSSR count). The number of nitro benzene ring substituents is 1. The maximum atomic E-state index is 11.8. The number of aromatic amines is 1. The molecule has 7 nitrogen and oxygen atoms in total. The van der Waals surface area contributed by atoms with Crippen molar-refractivity contribution in [1.29, 1.82) is 0 Å². The maximum absolute atomic E-state index is 11.8. The Labute approximate surface area is 120 Å². The number of imidazole rings is 1. The third-order valence-electron chi connectivity index (χ3n) is 2.84. The second kappa shape index (κ2) is 6.47. The summed E-state index contributed by atoms with van der Waals surface area (Å²) in [5.74, 6) is 0.291. The first-order chi connectivity index (χ1) is 10.1. The van der Waals surface area contributed by atoms with Crippen LogP contribution in [0.1, 0.15) is 24.4 Å². The molecule has 1 heterocycles. The molecule has 0 fully saturated rings. The first-order valence-corrected chi connectivity index (χ1v) is 6.29. The topological polar surface area (TPSA) is 101 Å². The van der Waals surface area contributed by atoms with E-state index in [0.29, 0.717) is 11.4 Å². The predicted molar refractivity (Wildman–Crippen MR) is 77.3 cm³/mol. The van der Waals surface area contributed by atoms with Crippen LogP contribution in [0, 0.1) is 10.1 Å². The van der Waals surface area contributed by atoms with Gasteiger partial charge in [-0.1, -0.05) is 12.1 Å². The minimum absolute atomic E-state index is 0.0411. The van der Waals surface area contributed by atoms with Crippen LogP contribution in [0.2, 0.25) is 0 Å². The second-order valence-electron chi connectivity index (χ2n) is 4.35. The number of nitrogens with zero attached hydrogens (tertiary/aromatic N) is 2. The average molecular weight is 286 g/mol. The van der Waals surface area contributed by atoms with E-state index in [1.54, 1.807) is 37.5 Å². The normalized spacial score (nSPS) is 12.2. The number of amides is 1. The zero-order valence-electron chi connectivity index (χ0n) is 11.3. The van der Waals surface area contributed by atoms with E-state index in [9.17, 15) is 14.9 Å². The molecular formula is C14H14N4O3. The number of rotatable bonds is 5. The summed E-state index contributed by atoms with van der Waals surface area (Å²) in [6, 6.07) is 5.95. The van der Waals surface area contributed by atoms with Gasteiger partial charge in [0.25, 0.3) is 5.69 Å². The third kappa shape index (κ3) is 3.75. The molecule has 0 saturated heterocycles. The van der Waals surface area contributed by atoms with E-state index < -0.39 is 4.92 Å². The summed E-state index contributed by atoms with van der Waals surface area (Å²) >= 11 is 0. The highest BCUT2D eigenvalue weighted by Gasteiger charge is 2.11. The van der Waals surface area contributed by atoms with Crippen molar-refractivity contribution in [2.24, 2.45) is 0 Å². The highest BCUT2D eigenvalue weighted by molar-refractivity contribution is 5.92. The molecule has 7 heteroatoms. The molecule has 0 bridgehead atoms. The fourth-order valence-corrected chi connectivity index (χ4v) is 1.80. The van der Waals surface area contributed by atoms with Crippen molar-refractivity contribution in [3.8, 4) is 0 Å². The molecule has 21 heavy (non-hydrogen) atoms. The summed E-state index contributed by atoms with van der Waals surface area (Å²) in [4.78, 5) is 29.1. The van der Waals surface area contributed by atoms with Crippen molar-refractivity contribution in [1.82, 2.24) is 15.3 Å². The summed E-state index contributed by atoms with van der Waals surface area (Å²) in [7, 11) is 0. The van der Waals surface area contributed by atoms with Gasteiger partial charge in [0.1, 0.15) is 5.82 Å². The minimum atomic E-state index is -0.483. The van der Waals surface area contributed by atoms with Gasteiger partial charge in [-0.25, -0.2) is 4.98 Å². The number of H-pyrrole nitrogens is 1. The first-order valence-electron chi connectivity index (χ1n) is 6.29. The zero-order chi connectivity index (χ0) is 15.2. The fraction of sp³-hybridized carbons (Fsp3) is 0.143. The van der Waals surface area contributed by atoms with Crippen LogP contribution in [0.5, 0.6) is 0 Å². The van der Waals surface area contributed by atoms with Gasteiger partial charge >= 0.3 is 0 Å². The molecule has 0 saturated carbocycles. The van der Waals surface area contributed by atoms with Crippen LogP contribution in [0.3, 0.4) is 0 Å². The summed E-state index contributed by atoms with van der Waals surface area (Å²) in [5, 5.41) is 13.6. The zero-order valence-corrected chi connectivity index (χ0v) is 11.3. The van der Waals surface area contributed by atoms with Crippen LogP contribution in [0.15, 0.2) is 42.7 Å². The summed E-state index contributed by atoms with van der Waals surface area (Å²) in [5.41, 5.74) is 0.337. The molecule has 2 N–H and O–H groups in total. The number of para-hydroxylation sites is 1. The number of nitrogens with one attached hydrogen (secondary N) is 2. The first kappa shape index (κ1) is 14.4. The van der Waals surface area contributed by atoms with Crippen LogP contribution in [0.25, 0.3) is 6.08 Å². The second-order valence-corrected chi connectivity index (χ2v) is 4.35. The van der Waals surface area contributed by atoms with Crippen molar-refractivity contribution in [3.63, 3.8) is 0 Å². The molecule has 1 aromatic heterocycles. The largest absolute Gasteiger partial charge is 0.347 e. The lowest BCUT2D eigenvalue weighted by Gasteiger charge is -2.09. The number of hydrogen-bond acceptors (Lipinski definition) is 4. The van der Waals surface area contributed by atoms with E-state index in [0.717, 1.165) is 0 Å². The Bertz CT molecular complexity index is 665. The van der Waals surface area contributed by atoms with E-state index in [-0.39, 0.29) is 17.6 Å². The van der Waals surface area contributed by atoms with Gasteiger partial charge in [0, 0.05) is 24.5 Å². The molecule has 0 aliphatic carbocycles. The third-order valence-corrected chi connectivity index (χ3v) is 2.84. The van der Waals surface area contributed by atoms with Gasteiger partial charge in [-0.3, -0.25) is 14.9 Å². The van der Waals surface area contributed by atoms with Crippen molar-refractivity contribution in [2.75, 3.05) is 0 Å². The van der Waals surface area contributed by atoms with Gasteiger partial charge in [-0.2, -0.15) is 0 Å². The lowest BCUT2D eigenvalue weighted by Crippen LogP contribution is -2.25. The Hall–Kier alpha value is -2.96. The molecule has 1 amide bonds. The molecule has 0 spiro atoms. The van der Waals surface area contributed by atoms with Crippen LogP contribution < -0.4 is 5.32 Å². The Morgan fingerprint density at radius 2 is 2.24 bits per heavy atom. The number of carbonyl (C=O) groups is 1. The summed E-state index contributed by atoms with van der Waals surface area (Å²) in [6.07, 6.45) is 5.95. The highest BCUT2D eigenvalue weighted by atomic mass is 16.6. The minimum Gasteiger partial charge on any atom is -0.347 e. The van der Waals surface area contributed by atoms with Crippen LogP contribution in [-0.4, -0.2) is 20.8 Å². The Balaban J connectivity index is 2.04. The molecule has 108 valence electrons. The SMILES string of the molecule is CC(NC(=O)/C=C/c1ccccc1[N+](=O)[O-])c1ncc[nH]1. The van der Waals surface area contributed by atoms with Crippen molar-refractivity contribution >= 4 is 17.7 Å². The van der Waals surface area contributed by atoms with Crippen LogP contribution in [-0.2, 0) is 4.79 Å². The number of hydrogen-bond donors (Lipinski definition) is 2. The number of benzene rings is 1. The molecule has 2 aromatic rings.